The molecule has 3 rings (SSSR count). The SMILES string of the molecule is O=C(Nc1c[nH]ccc1=O)C1COc2ccccc2C1. The Morgan fingerprint density at radius 3 is 3.00 bits per heavy atom. The van der Waals surface area contributed by atoms with Gasteiger partial charge in [0.05, 0.1) is 5.92 Å². The quantitative estimate of drug-likeness (QED) is 0.870. The third-order valence-corrected chi connectivity index (χ3v) is 3.33. The zero-order valence-corrected chi connectivity index (χ0v) is 10.8. The monoisotopic (exact) mass is 270 g/mol. The predicted molar refractivity (Wildman–Crippen MR) is 74.8 cm³/mol. The summed E-state index contributed by atoms with van der Waals surface area (Å²) in [4.78, 5) is 26.5. The second kappa shape index (κ2) is 5.21. The molecular weight excluding hydrogens is 256 g/mol. The average molecular weight is 270 g/mol. The van der Waals surface area contributed by atoms with Crippen molar-refractivity contribution in [2.24, 2.45) is 5.92 Å². The van der Waals surface area contributed by atoms with Crippen LogP contribution in [0.2, 0.25) is 0 Å². The molecule has 1 aromatic carbocycles. The largest absolute Gasteiger partial charge is 0.492 e. The third-order valence-electron chi connectivity index (χ3n) is 3.33. The van der Waals surface area contributed by atoms with Crippen molar-refractivity contribution < 1.29 is 9.53 Å². The van der Waals surface area contributed by atoms with Gasteiger partial charge in [-0.05, 0) is 18.1 Å². The number of para-hydroxylation sites is 1. The van der Waals surface area contributed by atoms with Gasteiger partial charge in [-0.3, -0.25) is 9.59 Å². The zero-order chi connectivity index (χ0) is 13.9. The number of hydrogen-bond donors (Lipinski definition) is 2. The number of benzene rings is 1. The van der Waals surface area contributed by atoms with E-state index in [0.717, 1.165) is 11.3 Å². The van der Waals surface area contributed by atoms with Crippen molar-refractivity contribution in [3.05, 3.63) is 58.5 Å². The molecule has 2 N–H and O–H groups in total. The topological polar surface area (TPSA) is 71.2 Å². The van der Waals surface area contributed by atoms with Gasteiger partial charge in [-0.1, -0.05) is 18.2 Å². The maximum Gasteiger partial charge on any atom is 0.231 e. The minimum Gasteiger partial charge on any atom is -0.492 e. The molecule has 1 atom stereocenters. The van der Waals surface area contributed by atoms with Gasteiger partial charge in [-0.2, -0.15) is 0 Å². The fraction of sp³-hybridized carbons (Fsp3) is 0.200. The zero-order valence-electron chi connectivity index (χ0n) is 10.8. The first-order chi connectivity index (χ1) is 9.74. The highest BCUT2D eigenvalue weighted by atomic mass is 16.5. The third kappa shape index (κ3) is 2.42. The first-order valence-corrected chi connectivity index (χ1v) is 6.43. The number of carbonyl (C=O) groups excluding carboxylic acids is 1. The Labute approximate surface area is 115 Å². The minimum absolute atomic E-state index is 0.198. The van der Waals surface area contributed by atoms with Crippen LogP contribution in [0.4, 0.5) is 5.69 Å². The van der Waals surface area contributed by atoms with Gasteiger partial charge in [0.1, 0.15) is 18.0 Å². The molecular formula is C15H14N2O3. The van der Waals surface area contributed by atoms with Crippen LogP contribution in [-0.2, 0) is 11.2 Å². The number of rotatable bonds is 2. The van der Waals surface area contributed by atoms with Crippen molar-refractivity contribution in [1.82, 2.24) is 4.98 Å². The van der Waals surface area contributed by atoms with Crippen molar-refractivity contribution >= 4 is 11.6 Å². The van der Waals surface area contributed by atoms with Crippen LogP contribution in [0.3, 0.4) is 0 Å². The number of nitrogens with one attached hydrogen (secondary N) is 2. The number of ether oxygens (including phenoxy) is 1. The van der Waals surface area contributed by atoms with Crippen LogP contribution in [0, 0.1) is 5.92 Å². The molecule has 5 nitrogen and oxygen atoms in total. The van der Waals surface area contributed by atoms with Crippen LogP contribution in [0.15, 0.2) is 47.5 Å². The molecule has 1 aromatic heterocycles. The molecule has 0 radical (unpaired) electrons. The Bertz CT molecular complexity index is 693. The number of hydrogen-bond acceptors (Lipinski definition) is 3. The predicted octanol–water partition coefficient (Wildman–Crippen LogP) is 1.56. The smallest absolute Gasteiger partial charge is 0.231 e. The van der Waals surface area contributed by atoms with Crippen molar-refractivity contribution in [2.45, 2.75) is 6.42 Å². The van der Waals surface area contributed by atoms with Crippen LogP contribution < -0.4 is 15.5 Å². The van der Waals surface area contributed by atoms with Gasteiger partial charge in [0.2, 0.25) is 11.3 Å². The molecule has 0 fully saturated rings. The van der Waals surface area contributed by atoms with Crippen molar-refractivity contribution in [2.75, 3.05) is 11.9 Å². The van der Waals surface area contributed by atoms with E-state index in [4.69, 9.17) is 4.74 Å². The average Bonchev–Trinajstić information content (AvgIpc) is 2.49. The number of fused-ring (bicyclic) bond motifs is 1. The number of anilines is 1. The fourth-order valence-corrected chi connectivity index (χ4v) is 2.25. The molecule has 0 saturated heterocycles. The number of aromatic nitrogens is 1. The van der Waals surface area contributed by atoms with E-state index in [2.05, 4.69) is 10.3 Å². The summed E-state index contributed by atoms with van der Waals surface area (Å²) in [5.41, 5.74) is 1.06. The van der Waals surface area contributed by atoms with E-state index in [1.54, 1.807) is 0 Å². The summed E-state index contributed by atoms with van der Waals surface area (Å²) in [7, 11) is 0. The van der Waals surface area contributed by atoms with Crippen LogP contribution in [0.5, 0.6) is 5.75 Å². The van der Waals surface area contributed by atoms with Crippen LogP contribution in [0.1, 0.15) is 5.56 Å². The summed E-state index contributed by atoms with van der Waals surface area (Å²) in [5, 5.41) is 2.65. The van der Waals surface area contributed by atoms with Gasteiger partial charge in [-0.25, -0.2) is 0 Å². The van der Waals surface area contributed by atoms with Gasteiger partial charge in [0, 0.05) is 18.5 Å². The standard InChI is InChI=1S/C15H14N2O3/c18-13-5-6-16-8-12(13)17-15(19)11-7-10-3-1-2-4-14(10)20-9-11/h1-6,8,11H,7,9H2,(H,16,18)(H,17,19). The molecule has 1 amide bonds. The summed E-state index contributed by atoms with van der Waals surface area (Å²) in [6, 6.07) is 9.05. The number of amides is 1. The number of carbonyl (C=O) groups is 1. The lowest BCUT2D eigenvalue weighted by atomic mass is 9.96. The summed E-state index contributed by atoms with van der Waals surface area (Å²) >= 11 is 0. The molecule has 2 heterocycles. The van der Waals surface area contributed by atoms with Crippen molar-refractivity contribution in [1.29, 1.82) is 0 Å². The van der Waals surface area contributed by atoms with E-state index in [-0.39, 0.29) is 22.9 Å². The maximum absolute atomic E-state index is 12.2. The van der Waals surface area contributed by atoms with Crippen LogP contribution in [0.25, 0.3) is 0 Å². The van der Waals surface area contributed by atoms with E-state index < -0.39 is 0 Å². The minimum atomic E-state index is -0.287. The molecule has 0 bridgehead atoms. The molecule has 5 heteroatoms. The van der Waals surface area contributed by atoms with E-state index >= 15 is 0 Å². The number of pyridine rings is 1. The summed E-state index contributed by atoms with van der Waals surface area (Å²) < 4.78 is 5.58. The molecule has 1 aliphatic rings. The van der Waals surface area contributed by atoms with E-state index in [0.29, 0.717) is 13.0 Å². The Hall–Kier alpha value is -2.56. The molecule has 102 valence electrons. The second-order valence-corrected chi connectivity index (χ2v) is 4.73. The molecule has 0 aliphatic carbocycles. The molecule has 0 saturated carbocycles. The van der Waals surface area contributed by atoms with Gasteiger partial charge < -0.3 is 15.0 Å². The van der Waals surface area contributed by atoms with Gasteiger partial charge in [0.15, 0.2) is 0 Å². The second-order valence-electron chi connectivity index (χ2n) is 4.73. The first kappa shape index (κ1) is 12.5. The normalized spacial score (nSPS) is 16.9. The van der Waals surface area contributed by atoms with Gasteiger partial charge >= 0.3 is 0 Å². The fourth-order valence-electron chi connectivity index (χ4n) is 2.25. The van der Waals surface area contributed by atoms with Crippen LogP contribution >= 0.6 is 0 Å². The maximum atomic E-state index is 12.2. The lowest BCUT2D eigenvalue weighted by molar-refractivity contribution is -0.121. The number of H-pyrrole nitrogens is 1. The highest BCUT2D eigenvalue weighted by Crippen LogP contribution is 2.27. The molecule has 1 aliphatic heterocycles. The van der Waals surface area contributed by atoms with Crippen molar-refractivity contribution in [3.63, 3.8) is 0 Å². The van der Waals surface area contributed by atoms with Crippen LogP contribution in [-0.4, -0.2) is 17.5 Å². The highest BCUT2D eigenvalue weighted by Gasteiger charge is 2.26. The molecule has 1 unspecified atom stereocenters. The lowest BCUT2D eigenvalue weighted by Gasteiger charge is -2.24. The van der Waals surface area contributed by atoms with E-state index in [1.165, 1.54) is 18.5 Å². The summed E-state index contributed by atoms with van der Waals surface area (Å²) in [5.74, 6) is 0.342. The Kier molecular flexibility index (Phi) is 3.25. The first-order valence-electron chi connectivity index (χ1n) is 6.43. The van der Waals surface area contributed by atoms with Gasteiger partial charge in [-0.15, -0.1) is 0 Å². The van der Waals surface area contributed by atoms with Crippen molar-refractivity contribution in [3.8, 4) is 5.75 Å². The Balaban J connectivity index is 1.74. The number of aromatic amines is 1. The van der Waals surface area contributed by atoms with E-state index in [1.807, 2.05) is 24.3 Å². The lowest BCUT2D eigenvalue weighted by Crippen LogP contribution is -2.33. The van der Waals surface area contributed by atoms with E-state index in [9.17, 15) is 9.59 Å². The summed E-state index contributed by atoms with van der Waals surface area (Å²) in [6.45, 7) is 0.327. The Morgan fingerprint density at radius 1 is 1.30 bits per heavy atom. The summed E-state index contributed by atoms with van der Waals surface area (Å²) in [6.07, 6.45) is 3.63. The highest BCUT2D eigenvalue weighted by molar-refractivity contribution is 5.92. The van der Waals surface area contributed by atoms with Gasteiger partial charge in [0.25, 0.3) is 0 Å². The molecule has 0 spiro atoms. The Morgan fingerprint density at radius 2 is 2.15 bits per heavy atom. The molecule has 2 aromatic rings. The molecule has 20 heavy (non-hydrogen) atoms.